The van der Waals surface area contributed by atoms with Crippen LogP contribution in [0.4, 0.5) is 10.7 Å². The van der Waals surface area contributed by atoms with Gasteiger partial charge in [0.2, 0.25) is 5.95 Å². The second-order valence-electron chi connectivity index (χ2n) is 4.33. The van der Waals surface area contributed by atoms with E-state index in [4.69, 9.17) is 10.00 Å². The Hall–Kier alpha value is -2.55. The first-order valence-electron chi connectivity index (χ1n) is 6.55. The molecule has 0 saturated carbocycles. The topological polar surface area (TPSA) is 90.8 Å². The molecule has 0 fully saturated rings. The van der Waals surface area contributed by atoms with Gasteiger partial charge in [0, 0.05) is 6.42 Å². The second-order valence-corrected chi connectivity index (χ2v) is 4.33. The highest BCUT2D eigenvalue weighted by Crippen LogP contribution is 2.13. The summed E-state index contributed by atoms with van der Waals surface area (Å²) in [6.45, 7) is 0.345. The number of benzene rings is 1. The molecule has 0 radical (unpaired) electrons. The van der Waals surface area contributed by atoms with Crippen molar-refractivity contribution in [3.8, 4) is 6.07 Å². The monoisotopic (exact) mass is 272 g/mol. The van der Waals surface area contributed by atoms with Gasteiger partial charge in [-0.1, -0.05) is 12.1 Å². The lowest BCUT2D eigenvalue weighted by molar-refractivity contribution is 0.159. The highest BCUT2D eigenvalue weighted by Gasteiger charge is 2.07. The number of carbonyl (C=O) groups excluding carboxylic acids is 1. The van der Waals surface area contributed by atoms with Gasteiger partial charge in [0.25, 0.3) is 0 Å². The van der Waals surface area contributed by atoms with E-state index in [0.29, 0.717) is 19.0 Å². The van der Waals surface area contributed by atoms with Crippen LogP contribution in [0.15, 0.2) is 24.3 Å². The Kier molecular flexibility index (Phi) is 4.95. The Bertz CT molecular complexity index is 582. The number of hydrogen-bond acceptors (Lipinski definition) is 4. The molecule has 104 valence electrons. The molecule has 1 heterocycles. The third-order valence-corrected chi connectivity index (χ3v) is 2.78. The molecule has 20 heavy (non-hydrogen) atoms. The van der Waals surface area contributed by atoms with Crippen molar-refractivity contribution < 1.29 is 9.53 Å². The summed E-state index contributed by atoms with van der Waals surface area (Å²) in [5.74, 6) is 0.376. The molecule has 2 aromatic rings. The van der Waals surface area contributed by atoms with Crippen LogP contribution in [-0.2, 0) is 4.74 Å². The summed E-state index contributed by atoms with van der Waals surface area (Å²) in [4.78, 5) is 18.7. The lowest BCUT2D eigenvalue weighted by Gasteiger charge is -2.04. The molecule has 0 spiro atoms. The fourth-order valence-corrected chi connectivity index (χ4v) is 1.79. The van der Waals surface area contributed by atoms with E-state index in [1.165, 1.54) is 0 Å². The number of imidazole rings is 1. The smallest absolute Gasteiger partial charge is 0.413 e. The number of H-pyrrole nitrogens is 1. The van der Waals surface area contributed by atoms with Gasteiger partial charge >= 0.3 is 6.09 Å². The summed E-state index contributed by atoms with van der Waals surface area (Å²) >= 11 is 0. The predicted octanol–water partition coefficient (Wildman–Crippen LogP) is 3.20. The largest absolute Gasteiger partial charge is 0.449 e. The van der Waals surface area contributed by atoms with Gasteiger partial charge in [0.1, 0.15) is 0 Å². The van der Waals surface area contributed by atoms with Gasteiger partial charge in [0.15, 0.2) is 0 Å². The van der Waals surface area contributed by atoms with Crippen molar-refractivity contribution in [1.82, 2.24) is 9.97 Å². The number of unbranched alkanes of at least 4 members (excludes halogenated alkanes) is 3. The molecule has 0 unspecified atom stereocenters. The van der Waals surface area contributed by atoms with Crippen molar-refractivity contribution in [3.05, 3.63) is 24.3 Å². The molecular formula is C14H16N4O2. The molecule has 2 rings (SSSR count). The Morgan fingerprint density at radius 3 is 3.00 bits per heavy atom. The van der Waals surface area contributed by atoms with Crippen molar-refractivity contribution >= 4 is 23.1 Å². The van der Waals surface area contributed by atoms with Crippen molar-refractivity contribution in [2.45, 2.75) is 25.7 Å². The fourth-order valence-electron chi connectivity index (χ4n) is 1.79. The number of hydrogen-bond donors (Lipinski definition) is 2. The van der Waals surface area contributed by atoms with Crippen LogP contribution in [-0.4, -0.2) is 22.7 Å². The van der Waals surface area contributed by atoms with E-state index in [1.807, 2.05) is 24.3 Å². The number of para-hydroxylation sites is 2. The quantitative estimate of drug-likeness (QED) is 0.790. The number of carbonyl (C=O) groups is 1. The number of nitrogens with zero attached hydrogens (tertiary/aromatic N) is 2. The molecule has 1 aromatic heterocycles. The standard InChI is InChI=1S/C14H16N4O2/c15-9-5-1-2-6-10-20-14(19)18-13-16-11-7-3-4-8-12(11)17-13/h3-4,7-8H,1-2,5-6,10H2,(H2,16,17,18,19). The Balaban J connectivity index is 1.73. The summed E-state index contributed by atoms with van der Waals surface area (Å²) in [5, 5.41) is 10.9. The molecule has 0 bridgehead atoms. The molecule has 0 atom stereocenters. The zero-order chi connectivity index (χ0) is 14.2. The van der Waals surface area contributed by atoms with Crippen LogP contribution >= 0.6 is 0 Å². The van der Waals surface area contributed by atoms with Crippen molar-refractivity contribution in [2.24, 2.45) is 0 Å². The molecule has 0 aliphatic rings. The summed E-state index contributed by atoms with van der Waals surface area (Å²) < 4.78 is 5.03. The third-order valence-electron chi connectivity index (χ3n) is 2.78. The lowest BCUT2D eigenvalue weighted by atomic mass is 10.2. The summed E-state index contributed by atoms with van der Waals surface area (Å²) in [6.07, 6.45) is 2.50. The molecule has 2 N–H and O–H groups in total. The van der Waals surface area contributed by atoms with Crippen LogP contribution < -0.4 is 5.32 Å². The average Bonchev–Trinajstić information content (AvgIpc) is 2.84. The van der Waals surface area contributed by atoms with Crippen LogP contribution in [0.2, 0.25) is 0 Å². The van der Waals surface area contributed by atoms with E-state index >= 15 is 0 Å². The number of nitriles is 1. The number of nitrogens with one attached hydrogen (secondary N) is 2. The number of amides is 1. The van der Waals surface area contributed by atoms with E-state index in [0.717, 1.165) is 30.3 Å². The zero-order valence-electron chi connectivity index (χ0n) is 11.1. The fraction of sp³-hybridized carbons (Fsp3) is 0.357. The van der Waals surface area contributed by atoms with Crippen LogP contribution in [0.1, 0.15) is 25.7 Å². The van der Waals surface area contributed by atoms with E-state index in [-0.39, 0.29) is 0 Å². The van der Waals surface area contributed by atoms with Gasteiger partial charge in [-0.3, -0.25) is 5.32 Å². The number of aromatic amines is 1. The first-order chi connectivity index (χ1) is 9.79. The second kappa shape index (κ2) is 7.14. The summed E-state index contributed by atoms with van der Waals surface area (Å²) in [7, 11) is 0. The molecule has 1 amide bonds. The zero-order valence-corrected chi connectivity index (χ0v) is 11.1. The molecular weight excluding hydrogens is 256 g/mol. The normalized spacial score (nSPS) is 10.2. The minimum absolute atomic E-state index is 0.345. The molecule has 0 aliphatic heterocycles. The van der Waals surface area contributed by atoms with Gasteiger partial charge in [-0.15, -0.1) is 0 Å². The summed E-state index contributed by atoms with van der Waals surface area (Å²) in [6, 6.07) is 9.60. The van der Waals surface area contributed by atoms with Crippen molar-refractivity contribution in [2.75, 3.05) is 11.9 Å². The molecule has 6 nitrogen and oxygen atoms in total. The Morgan fingerprint density at radius 2 is 2.20 bits per heavy atom. The predicted molar refractivity (Wildman–Crippen MR) is 75.1 cm³/mol. The molecule has 6 heteroatoms. The average molecular weight is 272 g/mol. The highest BCUT2D eigenvalue weighted by atomic mass is 16.5. The number of anilines is 1. The van der Waals surface area contributed by atoms with E-state index in [9.17, 15) is 4.79 Å². The van der Waals surface area contributed by atoms with Gasteiger partial charge in [-0.2, -0.15) is 5.26 Å². The Morgan fingerprint density at radius 1 is 1.35 bits per heavy atom. The van der Waals surface area contributed by atoms with Gasteiger partial charge in [0.05, 0.1) is 23.7 Å². The first kappa shape index (κ1) is 13.9. The Labute approximate surface area is 116 Å². The van der Waals surface area contributed by atoms with Crippen LogP contribution in [0, 0.1) is 11.3 Å². The first-order valence-corrected chi connectivity index (χ1v) is 6.55. The van der Waals surface area contributed by atoms with Gasteiger partial charge in [-0.25, -0.2) is 9.78 Å². The maximum atomic E-state index is 11.5. The molecule has 0 aliphatic carbocycles. The van der Waals surface area contributed by atoms with Crippen LogP contribution in [0.3, 0.4) is 0 Å². The van der Waals surface area contributed by atoms with E-state index in [1.54, 1.807) is 0 Å². The summed E-state index contributed by atoms with van der Waals surface area (Å²) in [5.41, 5.74) is 1.65. The van der Waals surface area contributed by atoms with Gasteiger partial charge in [-0.05, 0) is 31.4 Å². The number of rotatable bonds is 6. The number of aromatic nitrogens is 2. The minimum Gasteiger partial charge on any atom is -0.449 e. The molecule has 0 saturated heterocycles. The van der Waals surface area contributed by atoms with Crippen molar-refractivity contribution in [1.29, 1.82) is 5.26 Å². The van der Waals surface area contributed by atoms with Crippen molar-refractivity contribution in [3.63, 3.8) is 0 Å². The van der Waals surface area contributed by atoms with E-state index in [2.05, 4.69) is 21.4 Å². The third kappa shape index (κ3) is 3.99. The van der Waals surface area contributed by atoms with E-state index < -0.39 is 6.09 Å². The van der Waals surface area contributed by atoms with Crippen LogP contribution in [0.25, 0.3) is 11.0 Å². The lowest BCUT2D eigenvalue weighted by Crippen LogP contribution is -2.15. The van der Waals surface area contributed by atoms with Crippen LogP contribution in [0.5, 0.6) is 0 Å². The number of ether oxygens (including phenoxy) is 1. The maximum absolute atomic E-state index is 11.5. The highest BCUT2D eigenvalue weighted by molar-refractivity contribution is 5.86. The minimum atomic E-state index is -0.524. The maximum Gasteiger partial charge on any atom is 0.413 e. The molecule has 1 aromatic carbocycles. The van der Waals surface area contributed by atoms with Gasteiger partial charge < -0.3 is 9.72 Å². The number of fused-ring (bicyclic) bond motifs is 1. The SMILES string of the molecule is N#CCCCCCOC(=O)Nc1nc2ccccc2[nH]1.